The molecule has 1 aliphatic heterocycles. The van der Waals surface area contributed by atoms with E-state index in [2.05, 4.69) is 63.9 Å². The molecular formula is C23H35N3O3. The highest BCUT2D eigenvalue weighted by atomic mass is 16.5. The lowest BCUT2D eigenvalue weighted by molar-refractivity contribution is 0.00419. The molecular weight excluding hydrogens is 366 g/mol. The molecule has 0 aliphatic carbocycles. The SMILES string of the molecule is COCCN(Cc1cccn1Cc1ccccc1C)C[C@H](O)CN1CCOCC1. The highest BCUT2D eigenvalue weighted by molar-refractivity contribution is 5.26. The van der Waals surface area contributed by atoms with Gasteiger partial charge in [-0.05, 0) is 30.2 Å². The van der Waals surface area contributed by atoms with E-state index >= 15 is 0 Å². The predicted molar refractivity (Wildman–Crippen MR) is 115 cm³/mol. The molecule has 6 nitrogen and oxygen atoms in total. The van der Waals surface area contributed by atoms with Crippen LogP contribution in [0.2, 0.25) is 0 Å². The lowest BCUT2D eigenvalue weighted by Gasteiger charge is -2.31. The summed E-state index contributed by atoms with van der Waals surface area (Å²) in [5.74, 6) is 0. The van der Waals surface area contributed by atoms with Crippen LogP contribution < -0.4 is 0 Å². The summed E-state index contributed by atoms with van der Waals surface area (Å²) in [6, 6.07) is 12.8. The summed E-state index contributed by atoms with van der Waals surface area (Å²) in [6.07, 6.45) is 1.75. The van der Waals surface area contributed by atoms with Crippen LogP contribution >= 0.6 is 0 Å². The largest absolute Gasteiger partial charge is 0.390 e. The second-order valence-corrected chi connectivity index (χ2v) is 7.85. The molecule has 160 valence electrons. The van der Waals surface area contributed by atoms with Crippen LogP contribution in [0.15, 0.2) is 42.6 Å². The van der Waals surface area contributed by atoms with Gasteiger partial charge in [-0.1, -0.05) is 24.3 Å². The van der Waals surface area contributed by atoms with Crippen molar-refractivity contribution < 1.29 is 14.6 Å². The van der Waals surface area contributed by atoms with E-state index in [0.717, 1.165) is 45.9 Å². The van der Waals surface area contributed by atoms with Gasteiger partial charge in [0.05, 0.1) is 25.9 Å². The number of benzene rings is 1. The van der Waals surface area contributed by atoms with Crippen LogP contribution in [0.1, 0.15) is 16.8 Å². The molecule has 1 aliphatic rings. The van der Waals surface area contributed by atoms with Crippen LogP contribution in [-0.4, -0.2) is 85.2 Å². The average molecular weight is 402 g/mol. The van der Waals surface area contributed by atoms with E-state index < -0.39 is 0 Å². The first-order chi connectivity index (χ1) is 14.2. The van der Waals surface area contributed by atoms with E-state index in [4.69, 9.17) is 9.47 Å². The van der Waals surface area contributed by atoms with Crippen molar-refractivity contribution in [3.05, 3.63) is 59.4 Å². The number of aryl methyl sites for hydroxylation is 1. The van der Waals surface area contributed by atoms with Crippen LogP contribution in [0.25, 0.3) is 0 Å². The number of methoxy groups -OCH3 is 1. The Hall–Kier alpha value is -1.70. The Balaban J connectivity index is 1.61. The third-order valence-corrected chi connectivity index (χ3v) is 5.56. The smallest absolute Gasteiger partial charge is 0.0793 e. The third-order valence-electron chi connectivity index (χ3n) is 5.56. The number of morpholine rings is 1. The number of aromatic nitrogens is 1. The van der Waals surface area contributed by atoms with Crippen LogP contribution in [0, 0.1) is 6.92 Å². The molecule has 0 spiro atoms. The Morgan fingerprint density at radius 1 is 1.17 bits per heavy atom. The normalized spacial score (nSPS) is 16.4. The standard InChI is InChI=1S/C23H35N3O3/c1-20-6-3-4-7-21(20)16-26-9-5-8-22(26)17-25(10-13-28-2)19-23(27)18-24-11-14-29-15-12-24/h3-9,23,27H,10-19H2,1-2H3/t23-/m1/s1. The van der Waals surface area contributed by atoms with Gasteiger partial charge in [0.15, 0.2) is 0 Å². The number of aliphatic hydroxyl groups excluding tert-OH is 1. The summed E-state index contributed by atoms with van der Waals surface area (Å²) in [6.45, 7) is 9.90. The number of ether oxygens (including phenoxy) is 2. The van der Waals surface area contributed by atoms with E-state index in [1.807, 2.05) is 0 Å². The number of rotatable bonds is 11. The minimum absolute atomic E-state index is 0.385. The van der Waals surface area contributed by atoms with Gasteiger partial charge < -0.3 is 19.1 Å². The van der Waals surface area contributed by atoms with Crippen molar-refractivity contribution in [3.8, 4) is 0 Å². The summed E-state index contributed by atoms with van der Waals surface area (Å²) in [4.78, 5) is 4.57. The molecule has 0 unspecified atom stereocenters. The summed E-state index contributed by atoms with van der Waals surface area (Å²) in [5.41, 5.74) is 3.90. The zero-order valence-corrected chi connectivity index (χ0v) is 17.8. The van der Waals surface area contributed by atoms with E-state index in [9.17, 15) is 5.11 Å². The number of hydrogen-bond acceptors (Lipinski definition) is 5. The monoisotopic (exact) mass is 401 g/mol. The molecule has 29 heavy (non-hydrogen) atoms. The molecule has 1 saturated heterocycles. The Morgan fingerprint density at radius 2 is 1.97 bits per heavy atom. The van der Waals surface area contributed by atoms with Gasteiger partial charge in [-0.2, -0.15) is 0 Å². The quantitative estimate of drug-likeness (QED) is 0.624. The molecule has 3 rings (SSSR count). The number of β-amino-alcohol motifs (C(OH)–C–C–N with tert-alkyl or cyclic N) is 1. The van der Waals surface area contributed by atoms with Crippen molar-refractivity contribution in [2.75, 3.05) is 59.7 Å². The van der Waals surface area contributed by atoms with Gasteiger partial charge >= 0.3 is 0 Å². The van der Waals surface area contributed by atoms with Gasteiger partial charge in [-0.15, -0.1) is 0 Å². The molecule has 1 aromatic heterocycles. The van der Waals surface area contributed by atoms with Crippen LogP contribution in [0.4, 0.5) is 0 Å². The highest BCUT2D eigenvalue weighted by Gasteiger charge is 2.18. The number of aliphatic hydroxyl groups is 1. The molecule has 0 radical (unpaired) electrons. The molecule has 0 amide bonds. The Labute approximate surface area is 174 Å². The van der Waals surface area contributed by atoms with E-state index in [0.29, 0.717) is 19.7 Å². The molecule has 1 atom stereocenters. The minimum Gasteiger partial charge on any atom is -0.390 e. The van der Waals surface area contributed by atoms with E-state index in [1.54, 1.807) is 7.11 Å². The Bertz CT molecular complexity index is 728. The first-order valence-electron chi connectivity index (χ1n) is 10.5. The van der Waals surface area contributed by atoms with Crippen molar-refractivity contribution in [2.45, 2.75) is 26.1 Å². The molecule has 1 aromatic carbocycles. The summed E-state index contributed by atoms with van der Waals surface area (Å²) in [5, 5.41) is 10.7. The minimum atomic E-state index is -0.385. The van der Waals surface area contributed by atoms with Gasteiger partial charge in [-0.3, -0.25) is 9.80 Å². The van der Waals surface area contributed by atoms with Crippen molar-refractivity contribution in [1.29, 1.82) is 0 Å². The summed E-state index contributed by atoms with van der Waals surface area (Å²) in [7, 11) is 1.73. The topological polar surface area (TPSA) is 50.1 Å². The van der Waals surface area contributed by atoms with Crippen molar-refractivity contribution >= 4 is 0 Å². The van der Waals surface area contributed by atoms with Crippen LogP contribution in [-0.2, 0) is 22.6 Å². The Morgan fingerprint density at radius 3 is 2.72 bits per heavy atom. The second kappa shape index (κ2) is 11.5. The maximum atomic E-state index is 10.7. The second-order valence-electron chi connectivity index (χ2n) is 7.85. The molecule has 6 heteroatoms. The lowest BCUT2D eigenvalue weighted by Crippen LogP contribution is -2.45. The van der Waals surface area contributed by atoms with Gasteiger partial charge in [0.25, 0.3) is 0 Å². The summed E-state index contributed by atoms with van der Waals surface area (Å²) < 4.78 is 13.0. The van der Waals surface area contributed by atoms with Crippen LogP contribution in [0.5, 0.6) is 0 Å². The third kappa shape index (κ3) is 6.94. The van der Waals surface area contributed by atoms with Gasteiger partial charge in [-0.25, -0.2) is 0 Å². The fraction of sp³-hybridized carbons (Fsp3) is 0.565. The fourth-order valence-electron chi connectivity index (χ4n) is 3.84. The molecule has 1 N–H and O–H groups in total. The number of nitrogens with zero attached hydrogens (tertiary/aromatic N) is 3. The molecule has 2 aromatic rings. The van der Waals surface area contributed by atoms with Crippen molar-refractivity contribution in [3.63, 3.8) is 0 Å². The van der Waals surface area contributed by atoms with Gasteiger partial charge in [0, 0.05) is 64.8 Å². The predicted octanol–water partition coefficient (Wildman–Crippen LogP) is 1.99. The van der Waals surface area contributed by atoms with Gasteiger partial charge in [0.1, 0.15) is 0 Å². The first kappa shape index (κ1) is 22.0. The molecule has 0 bridgehead atoms. The van der Waals surface area contributed by atoms with E-state index in [1.165, 1.54) is 16.8 Å². The lowest BCUT2D eigenvalue weighted by atomic mass is 10.1. The maximum Gasteiger partial charge on any atom is 0.0793 e. The zero-order chi connectivity index (χ0) is 20.5. The molecule has 2 heterocycles. The first-order valence-corrected chi connectivity index (χ1v) is 10.5. The fourth-order valence-corrected chi connectivity index (χ4v) is 3.84. The molecule has 1 fully saturated rings. The van der Waals surface area contributed by atoms with Crippen molar-refractivity contribution in [2.24, 2.45) is 0 Å². The zero-order valence-electron chi connectivity index (χ0n) is 17.8. The van der Waals surface area contributed by atoms with Crippen LogP contribution in [0.3, 0.4) is 0 Å². The maximum absolute atomic E-state index is 10.7. The van der Waals surface area contributed by atoms with Gasteiger partial charge in [0.2, 0.25) is 0 Å². The summed E-state index contributed by atoms with van der Waals surface area (Å²) >= 11 is 0. The Kier molecular flexibility index (Phi) is 8.70. The molecule has 0 saturated carbocycles. The highest BCUT2D eigenvalue weighted by Crippen LogP contribution is 2.14. The number of hydrogen-bond donors (Lipinski definition) is 1. The van der Waals surface area contributed by atoms with E-state index in [-0.39, 0.29) is 6.10 Å². The average Bonchev–Trinajstić information content (AvgIpc) is 3.15. The van der Waals surface area contributed by atoms with Crippen molar-refractivity contribution in [1.82, 2.24) is 14.4 Å².